The van der Waals surface area contributed by atoms with E-state index in [2.05, 4.69) is 5.32 Å². The molecule has 1 aliphatic heterocycles. The van der Waals surface area contributed by atoms with Crippen molar-refractivity contribution in [3.05, 3.63) is 108 Å². The number of benzene rings is 4. The van der Waals surface area contributed by atoms with E-state index in [-0.39, 0.29) is 22.7 Å². The molecule has 0 radical (unpaired) electrons. The van der Waals surface area contributed by atoms with Gasteiger partial charge in [0.1, 0.15) is 10.6 Å². The SMILES string of the molecule is COc1ccccc1NC(=O)C1=C(O)c2ccc3ccccc3c2S(=O)(=O)N1Cc1ccccc1. The Bertz CT molecular complexity index is 1580. The van der Waals surface area contributed by atoms with Crippen LogP contribution >= 0.6 is 0 Å². The van der Waals surface area contributed by atoms with Crippen molar-refractivity contribution in [2.45, 2.75) is 11.4 Å². The Morgan fingerprint density at radius 3 is 2.37 bits per heavy atom. The first-order valence-corrected chi connectivity index (χ1v) is 12.3. The van der Waals surface area contributed by atoms with Crippen LogP contribution in [0.25, 0.3) is 16.5 Å². The van der Waals surface area contributed by atoms with E-state index in [0.717, 1.165) is 4.31 Å². The number of hydrogen-bond acceptors (Lipinski definition) is 5. The monoisotopic (exact) mass is 486 g/mol. The molecule has 5 rings (SSSR count). The summed E-state index contributed by atoms with van der Waals surface area (Å²) >= 11 is 0. The van der Waals surface area contributed by atoms with Crippen molar-refractivity contribution in [3.8, 4) is 5.75 Å². The van der Waals surface area contributed by atoms with Crippen molar-refractivity contribution in [2.24, 2.45) is 0 Å². The predicted molar refractivity (Wildman–Crippen MR) is 134 cm³/mol. The lowest BCUT2D eigenvalue weighted by Crippen LogP contribution is -2.39. The quantitative estimate of drug-likeness (QED) is 0.418. The Balaban J connectivity index is 1.71. The normalized spacial score (nSPS) is 14.5. The van der Waals surface area contributed by atoms with Gasteiger partial charge in [0.05, 0.1) is 19.3 Å². The number of nitrogens with one attached hydrogen (secondary N) is 1. The maximum Gasteiger partial charge on any atom is 0.276 e. The van der Waals surface area contributed by atoms with Gasteiger partial charge in [-0.2, -0.15) is 0 Å². The number of anilines is 1. The fraction of sp³-hybridized carbons (Fsp3) is 0.0741. The van der Waals surface area contributed by atoms with Gasteiger partial charge in [0.25, 0.3) is 15.9 Å². The van der Waals surface area contributed by atoms with Crippen LogP contribution in [0.4, 0.5) is 5.69 Å². The zero-order valence-electron chi connectivity index (χ0n) is 18.8. The van der Waals surface area contributed by atoms with Gasteiger partial charge < -0.3 is 15.2 Å². The van der Waals surface area contributed by atoms with Crippen molar-refractivity contribution in [1.82, 2.24) is 4.31 Å². The average molecular weight is 487 g/mol. The minimum absolute atomic E-state index is 0.0297. The smallest absolute Gasteiger partial charge is 0.276 e. The number of nitrogens with zero attached hydrogens (tertiary/aromatic N) is 1. The number of rotatable bonds is 5. The number of sulfonamides is 1. The van der Waals surface area contributed by atoms with Gasteiger partial charge in [0.2, 0.25) is 0 Å². The fourth-order valence-electron chi connectivity index (χ4n) is 4.25. The summed E-state index contributed by atoms with van der Waals surface area (Å²) in [5.41, 5.74) is 0.734. The van der Waals surface area contributed by atoms with Gasteiger partial charge in [-0.1, -0.05) is 72.8 Å². The molecular weight excluding hydrogens is 464 g/mol. The summed E-state index contributed by atoms with van der Waals surface area (Å²) < 4.78 is 34.3. The molecule has 4 aromatic carbocycles. The Kier molecular flexibility index (Phi) is 5.66. The number of ether oxygens (including phenoxy) is 1. The van der Waals surface area contributed by atoms with Crippen LogP contribution in [0.5, 0.6) is 5.75 Å². The number of carbonyl (C=O) groups is 1. The molecule has 4 aromatic rings. The van der Waals surface area contributed by atoms with E-state index in [9.17, 15) is 18.3 Å². The van der Waals surface area contributed by atoms with Gasteiger partial charge in [0, 0.05) is 10.9 Å². The average Bonchev–Trinajstić information content (AvgIpc) is 2.87. The molecule has 0 aromatic heterocycles. The van der Waals surface area contributed by atoms with E-state index < -0.39 is 21.7 Å². The van der Waals surface area contributed by atoms with Gasteiger partial charge in [0.15, 0.2) is 11.5 Å². The van der Waals surface area contributed by atoms with Crippen molar-refractivity contribution in [3.63, 3.8) is 0 Å². The van der Waals surface area contributed by atoms with Crippen LogP contribution in [0.2, 0.25) is 0 Å². The highest BCUT2D eigenvalue weighted by atomic mass is 32.2. The van der Waals surface area contributed by atoms with Gasteiger partial charge in [-0.15, -0.1) is 0 Å². The summed E-state index contributed by atoms with van der Waals surface area (Å²) in [7, 11) is -2.75. The number of fused-ring (bicyclic) bond motifs is 3. The molecule has 1 amide bonds. The molecule has 0 spiro atoms. The lowest BCUT2D eigenvalue weighted by molar-refractivity contribution is -0.113. The molecular formula is C27H22N2O5S. The summed E-state index contributed by atoms with van der Waals surface area (Å²) in [6.07, 6.45) is 0. The molecule has 1 aliphatic rings. The van der Waals surface area contributed by atoms with Crippen LogP contribution in [0.3, 0.4) is 0 Å². The first-order valence-electron chi connectivity index (χ1n) is 10.9. The topological polar surface area (TPSA) is 95.9 Å². The van der Waals surface area contributed by atoms with E-state index in [0.29, 0.717) is 27.8 Å². The number of amides is 1. The minimum Gasteiger partial charge on any atom is -0.505 e. The predicted octanol–water partition coefficient (Wildman–Crippen LogP) is 4.92. The zero-order chi connectivity index (χ0) is 24.6. The lowest BCUT2D eigenvalue weighted by Gasteiger charge is -2.32. The van der Waals surface area contributed by atoms with Crippen LogP contribution in [-0.2, 0) is 21.4 Å². The maximum absolute atomic E-state index is 14.0. The second-order valence-corrected chi connectivity index (χ2v) is 9.81. The zero-order valence-corrected chi connectivity index (χ0v) is 19.6. The first kappa shape index (κ1) is 22.5. The van der Waals surface area contributed by atoms with Gasteiger partial charge >= 0.3 is 0 Å². The van der Waals surface area contributed by atoms with Gasteiger partial charge in [-0.25, -0.2) is 8.42 Å². The number of hydrogen-bond donors (Lipinski definition) is 2. The third-order valence-electron chi connectivity index (χ3n) is 5.90. The van der Waals surface area contributed by atoms with Crippen molar-refractivity contribution in [2.75, 3.05) is 12.4 Å². The second kappa shape index (κ2) is 8.81. The van der Waals surface area contributed by atoms with E-state index in [1.165, 1.54) is 13.2 Å². The molecule has 0 aliphatic carbocycles. The van der Waals surface area contributed by atoms with E-state index in [1.807, 2.05) is 12.1 Å². The molecule has 0 saturated heterocycles. The summed E-state index contributed by atoms with van der Waals surface area (Å²) in [6, 6.07) is 26.0. The maximum atomic E-state index is 14.0. The molecule has 176 valence electrons. The Hall–Kier alpha value is -4.30. The summed E-state index contributed by atoms with van der Waals surface area (Å²) in [5, 5.41) is 15.2. The van der Waals surface area contributed by atoms with Gasteiger partial charge in [-0.3, -0.25) is 9.10 Å². The summed E-state index contributed by atoms with van der Waals surface area (Å²) in [6.45, 7) is -0.134. The molecule has 0 saturated carbocycles. The number of para-hydroxylation sites is 2. The first-order chi connectivity index (χ1) is 16.9. The Morgan fingerprint density at radius 2 is 1.60 bits per heavy atom. The molecule has 0 atom stereocenters. The lowest BCUT2D eigenvalue weighted by atomic mass is 10.0. The Morgan fingerprint density at radius 1 is 0.914 bits per heavy atom. The molecule has 2 N–H and O–H groups in total. The second-order valence-electron chi connectivity index (χ2n) is 8.01. The van der Waals surface area contributed by atoms with E-state index in [4.69, 9.17) is 4.74 Å². The van der Waals surface area contributed by atoms with E-state index in [1.54, 1.807) is 72.8 Å². The number of methoxy groups -OCH3 is 1. The molecule has 7 nitrogen and oxygen atoms in total. The minimum atomic E-state index is -4.22. The molecule has 8 heteroatoms. The Labute approximate surface area is 202 Å². The highest BCUT2D eigenvalue weighted by Gasteiger charge is 2.41. The molecule has 0 bridgehead atoms. The van der Waals surface area contributed by atoms with Crippen LogP contribution in [0.15, 0.2) is 102 Å². The van der Waals surface area contributed by atoms with E-state index >= 15 is 0 Å². The third kappa shape index (κ3) is 3.87. The van der Waals surface area contributed by atoms with Crippen LogP contribution in [-0.4, -0.2) is 30.8 Å². The fourth-order valence-corrected chi connectivity index (χ4v) is 6.10. The highest BCUT2D eigenvalue weighted by Crippen LogP contribution is 2.41. The third-order valence-corrected chi connectivity index (χ3v) is 7.74. The van der Waals surface area contributed by atoms with Crippen molar-refractivity contribution >= 4 is 38.1 Å². The van der Waals surface area contributed by atoms with Crippen LogP contribution in [0, 0.1) is 0 Å². The van der Waals surface area contributed by atoms with Crippen molar-refractivity contribution in [1.29, 1.82) is 0 Å². The molecule has 0 unspecified atom stereocenters. The molecule has 1 heterocycles. The molecule has 35 heavy (non-hydrogen) atoms. The number of carbonyl (C=O) groups excluding carboxylic acids is 1. The van der Waals surface area contributed by atoms with Crippen LogP contribution < -0.4 is 10.1 Å². The van der Waals surface area contributed by atoms with Crippen LogP contribution in [0.1, 0.15) is 11.1 Å². The molecule has 0 fully saturated rings. The highest BCUT2D eigenvalue weighted by molar-refractivity contribution is 7.89. The number of aliphatic hydroxyl groups is 1. The largest absolute Gasteiger partial charge is 0.505 e. The van der Waals surface area contributed by atoms with Gasteiger partial charge in [-0.05, 0) is 29.1 Å². The standard InChI is InChI=1S/C27H22N2O5S/c1-34-23-14-8-7-13-22(23)28-27(31)24-25(30)21-16-15-19-11-5-6-12-20(19)26(21)35(32,33)29(24)17-18-9-3-2-4-10-18/h2-16,30H,17H2,1H3,(H,28,31). The van der Waals surface area contributed by atoms with Crippen molar-refractivity contribution < 1.29 is 23.1 Å². The number of aliphatic hydroxyl groups excluding tert-OH is 1. The summed E-state index contributed by atoms with van der Waals surface area (Å²) in [5.74, 6) is -0.783. The summed E-state index contributed by atoms with van der Waals surface area (Å²) in [4.78, 5) is 13.5.